The summed E-state index contributed by atoms with van der Waals surface area (Å²) in [6.45, 7) is 1.35. The second-order valence-corrected chi connectivity index (χ2v) is 5.05. The lowest BCUT2D eigenvalue weighted by Crippen LogP contribution is -2.38. The molecule has 0 spiro atoms. The molecule has 0 fully saturated rings. The lowest BCUT2D eigenvalue weighted by Gasteiger charge is -2.16. The van der Waals surface area contributed by atoms with E-state index in [1.807, 2.05) is 12.1 Å². The predicted octanol–water partition coefficient (Wildman–Crippen LogP) is 1.24. The van der Waals surface area contributed by atoms with Crippen LogP contribution in [0.2, 0.25) is 0 Å². The zero-order valence-electron chi connectivity index (χ0n) is 11.4. The van der Waals surface area contributed by atoms with Crippen LogP contribution in [0.3, 0.4) is 0 Å². The van der Waals surface area contributed by atoms with Gasteiger partial charge in [0.25, 0.3) is 0 Å². The van der Waals surface area contributed by atoms with E-state index in [2.05, 4.69) is 10.6 Å². The molecular formula is C14H21N3O2. The highest BCUT2D eigenvalue weighted by molar-refractivity contribution is 5.73. The topological polar surface area (TPSA) is 64.6 Å². The van der Waals surface area contributed by atoms with Crippen LogP contribution in [-0.2, 0) is 6.42 Å². The molecule has 1 aromatic rings. The zero-order valence-corrected chi connectivity index (χ0v) is 11.4. The monoisotopic (exact) mass is 263 g/mol. The molecule has 5 nitrogen and oxygen atoms in total. The van der Waals surface area contributed by atoms with E-state index in [0.717, 1.165) is 19.4 Å². The first kappa shape index (κ1) is 13.7. The van der Waals surface area contributed by atoms with Gasteiger partial charge in [-0.1, -0.05) is 6.07 Å². The maximum atomic E-state index is 11.3. The highest BCUT2D eigenvalue weighted by Crippen LogP contribution is 2.32. The minimum Gasteiger partial charge on any atom is -0.508 e. The Labute approximate surface area is 113 Å². The first-order valence-electron chi connectivity index (χ1n) is 6.58. The number of aryl methyl sites for hydroxylation is 1. The molecule has 2 amide bonds. The van der Waals surface area contributed by atoms with Gasteiger partial charge in [0.1, 0.15) is 5.75 Å². The molecule has 104 valence electrons. The quantitative estimate of drug-likeness (QED) is 0.716. The van der Waals surface area contributed by atoms with Crippen LogP contribution in [0.15, 0.2) is 18.2 Å². The van der Waals surface area contributed by atoms with Crippen molar-refractivity contribution in [1.82, 2.24) is 15.5 Å². The number of benzene rings is 1. The number of carbonyl (C=O) groups excluding carboxylic acids is 1. The van der Waals surface area contributed by atoms with Gasteiger partial charge in [0, 0.05) is 33.2 Å². The van der Waals surface area contributed by atoms with Gasteiger partial charge < -0.3 is 20.6 Å². The summed E-state index contributed by atoms with van der Waals surface area (Å²) in [4.78, 5) is 12.9. The fourth-order valence-electron chi connectivity index (χ4n) is 2.39. The zero-order chi connectivity index (χ0) is 13.8. The highest BCUT2D eigenvalue weighted by Gasteiger charge is 2.21. The molecule has 0 heterocycles. The fourth-order valence-corrected chi connectivity index (χ4v) is 2.39. The summed E-state index contributed by atoms with van der Waals surface area (Å²) in [7, 11) is 3.45. The number of phenolic OH excluding ortho intramolecular Hbond substituents is 1. The summed E-state index contributed by atoms with van der Waals surface area (Å²) in [5.74, 6) is 0.331. The first-order valence-corrected chi connectivity index (χ1v) is 6.58. The smallest absolute Gasteiger partial charge is 0.316 e. The highest BCUT2D eigenvalue weighted by atomic mass is 16.3. The van der Waals surface area contributed by atoms with Gasteiger partial charge in [0.05, 0.1) is 0 Å². The first-order chi connectivity index (χ1) is 9.08. The van der Waals surface area contributed by atoms with Crippen molar-refractivity contribution in [2.45, 2.75) is 18.9 Å². The average molecular weight is 263 g/mol. The van der Waals surface area contributed by atoms with E-state index < -0.39 is 0 Å². The molecule has 0 aliphatic heterocycles. The minimum atomic E-state index is -0.0708. The Hall–Kier alpha value is -1.75. The Morgan fingerprint density at radius 1 is 1.42 bits per heavy atom. The number of phenols is 1. The molecule has 0 radical (unpaired) electrons. The van der Waals surface area contributed by atoms with Crippen molar-refractivity contribution >= 4 is 6.03 Å². The SMILES string of the molecule is CN(C)C(=O)NCCNC1CCc2cc(O)ccc21. The molecule has 1 aromatic carbocycles. The normalized spacial score (nSPS) is 17.1. The number of rotatable bonds is 4. The largest absolute Gasteiger partial charge is 0.508 e. The standard InChI is InChI=1S/C14H21N3O2/c1-17(2)14(19)16-8-7-15-13-6-3-10-9-11(18)4-5-12(10)13/h4-5,9,13,15,18H,3,6-8H2,1-2H3,(H,16,19). The van der Waals surface area contributed by atoms with Crippen LogP contribution in [-0.4, -0.2) is 43.2 Å². The average Bonchev–Trinajstić information content (AvgIpc) is 2.76. The molecular weight excluding hydrogens is 242 g/mol. The van der Waals surface area contributed by atoms with Crippen molar-refractivity contribution in [3.05, 3.63) is 29.3 Å². The molecule has 0 saturated carbocycles. The van der Waals surface area contributed by atoms with E-state index in [1.165, 1.54) is 16.0 Å². The van der Waals surface area contributed by atoms with Crippen molar-refractivity contribution in [3.8, 4) is 5.75 Å². The van der Waals surface area contributed by atoms with E-state index in [9.17, 15) is 9.90 Å². The Bertz CT molecular complexity index is 460. The van der Waals surface area contributed by atoms with Crippen LogP contribution in [0.4, 0.5) is 4.79 Å². The summed E-state index contributed by atoms with van der Waals surface area (Å²) in [6, 6.07) is 5.80. The Morgan fingerprint density at radius 2 is 2.21 bits per heavy atom. The predicted molar refractivity (Wildman–Crippen MR) is 74.3 cm³/mol. The van der Waals surface area contributed by atoms with Crippen LogP contribution in [0, 0.1) is 0 Å². The van der Waals surface area contributed by atoms with Crippen molar-refractivity contribution in [3.63, 3.8) is 0 Å². The van der Waals surface area contributed by atoms with E-state index >= 15 is 0 Å². The van der Waals surface area contributed by atoms with E-state index in [-0.39, 0.29) is 6.03 Å². The van der Waals surface area contributed by atoms with Gasteiger partial charge in [-0.2, -0.15) is 0 Å². The van der Waals surface area contributed by atoms with Crippen LogP contribution in [0.25, 0.3) is 0 Å². The van der Waals surface area contributed by atoms with E-state index in [1.54, 1.807) is 20.2 Å². The Kier molecular flexibility index (Phi) is 4.27. The van der Waals surface area contributed by atoms with Gasteiger partial charge in [-0.05, 0) is 36.1 Å². The number of aromatic hydroxyl groups is 1. The molecule has 3 N–H and O–H groups in total. The second kappa shape index (κ2) is 5.93. The summed E-state index contributed by atoms with van der Waals surface area (Å²) in [5, 5.41) is 15.7. The van der Waals surface area contributed by atoms with Crippen LogP contribution in [0.5, 0.6) is 5.75 Å². The molecule has 19 heavy (non-hydrogen) atoms. The number of hydrogen-bond donors (Lipinski definition) is 3. The number of hydrogen-bond acceptors (Lipinski definition) is 3. The van der Waals surface area contributed by atoms with Crippen LogP contribution in [0.1, 0.15) is 23.6 Å². The maximum absolute atomic E-state index is 11.3. The molecule has 5 heteroatoms. The summed E-state index contributed by atoms with van der Waals surface area (Å²) in [6.07, 6.45) is 2.03. The fraction of sp³-hybridized carbons (Fsp3) is 0.500. The summed E-state index contributed by atoms with van der Waals surface area (Å²) < 4.78 is 0. The van der Waals surface area contributed by atoms with Gasteiger partial charge >= 0.3 is 6.03 Å². The number of urea groups is 1. The van der Waals surface area contributed by atoms with Crippen molar-refractivity contribution < 1.29 is 9.90 Å². The van der Waals surface area contributed by atoms with Crippen molar-refractivity contribution in [1.29, 1.82) is 0 Å². The number of nitrogens with zero attached hydrogens (tertiary/aromatic N) is 1. The molecule has 2 rings (SSSR count). The lowest BCUT2D eigenvalue weighted by atomic mass is 10.1. The van der Waals surface area contributed by atoms with Crippen molar-refractivity contribution in [2.24, 2.45) is 0 Å². The van der Waals surface area contributed by atoms with E-state index in [0.29, 0.717) is 18.3 Å². The second-order valence-electron chi connectivity index (χ2n) is 5.05. The summed E-state index contributed by atoms with van der Waals surface area (Å²) in [5.41, 5.74) is 2.48. The van der Waals surface area contributed by atoms with Gasteiger partial charge in [0.2, 0.25) is 0 Å². The third-order valence-corrected chi connectivity index (χ3v) is 3.40. The van der Waals surface area contributed by atoms with Gasteiger partial charge in [-0.3, -0.25) is 0 Å². The maximum Gasteiger partial charge on any atom is 0.316 e. The van der Waals surface area contributed by atoms with Crippen LogP contribution < -0.4 is 10.6 Å². The van der Waals surface area contributed by atoms with Gasteiger partial charge in [0.15, 0.2) is 0 Å². The number of carbonyl (C=O) groups is 1. The third-order valence-electron chi connectivity index (χ3n) is 3.40. The van der Waals surface area contributed by atoms with Gasteiger partial charge in [-0.25, -0.2) is 4.79 Å². The molecule has 1 aliphatic carbocycles. The van der Waals surface area contributed by atoms with Crippen LogP contribution >= 0.6 is 0 Å². The molecule has 0 bridgehead atoms. The number of nitrogens with one attached hydrogen (secondary N) is 2. The number of amides is 2. The Balaban J connectivity index is 1.79. The molecule has 1 atom stereocenters. The molecule has 1 unspecified atom stereocenters. The van der Waals surface area contributed by atoms with Gasteiger partial charge in [-0.15, -0.1) is 0 Å². The van der Waals surface area contributed by atoms with E-state index in [4.69, 9.17) is 0 Å². The third kappa shape index (κ3) is 3.38. The minimum absolute atomic E-state index is 0.0708. The lowest BCUT2D eigenvalue weighted by molar-refractivity contribution is 0.217. The summed E-state index contributed by atoms with van der Waals surface area (Å²) >= 11 is 0. The Morgan fingerprint density at radius 3 is 2.95 bits per heavy atom. The van der Waals surface area contributed by atoms with Crippen molar-refractivity contribution in [2.75, 3.05) is 27.2 Å². The number of fused-ring (bicyclic) bond motifs is 1. The molecule has 0 saturated heterocycles. The molecule has 0 aromatic heterocycles. The molecule has 1 aliphatic rings.